The molecule has 2 aliphatic heterocycles. The number of aryl methyl sites for hydroxylation is 1. The molecule has 0 unspecified atom stereocenters. The molecular formula is C82H90BN3S. The summed E-state index contributed by atoms with van der Waals surface area (Å²) in [5.74, 6) is 0. The average Bonchev–Trinajstić information content (AvgIpc) is 1.30. The van der Waals surface area contributed by atoms with Gasteiger partial charge < -0.3 is 14.7 Å². The van der Waals surface area contributed by atoms with Crippen LogP contribution in [-0.4, -0.2) is 13.3 Å². The van der Waals surface area contributed by atoms with Crippen molar-refractivity contribution in [2.75, 3.05) is 21.2 Å². The number of thiophene rings is 1. The van der Waals surface area contributed by atoms with Gasteiger partial charge in [0.25, 0.3) is 6.71 Å². The number of hydrogen-bond donors (Lipinski definition) is 0. The lowest BCUT2D eigenvalue weighted by molar-refractivity contribution is 0.188. The van der Waals surface area contributed by atoms with Crippen LogP contribution >= 0.6 is 11.3 Å². The zero-order valence-corrected chi connectivity index (χ0v) is 54.9. The van der Waals surface area contributed by atoms with Crippen molar-refractivity contribution in [1.82, 2.24) is 0 Å². The third kappa shape index (κ3) is 8.90. The van der Waals surface area contributed by atoms with E-state index in [4.69, 9.17) is 4.11 Å². The Hall–Kier alpha value is -6.82. The molecule has 87 heavy (non-hydrogen) atoms. The molecule has 5 aliphatic carbocycles. The van der Waals surface area contributed by atoms with E-state index >= 15 is 0 Å². The van der Waals surface area contributed by atoms with E-state index in [2.05, 4.69) is 250 Å². The van der Waals surface area contributed by atoms with E-state index in [1.807, 2.05) is 24.3 Å². The van der Waals surface area contributed by atoms with Gasteiger partial charge in [-0.1, -0.05) is 199 Å². The first-order valence-electron chi connectivity index (χ1n) is 34.4. The summed E-state index contributed by atoms with van der Waals surface area (Å²) in [4.78, 5) is 7.73. The quantitative estimate of drug-likeness (QED) is 0.133. The van der Waals surface area contributed by atoms with Gasteiger partial charge in [-0.3, -0.25) is 0 Å². The number of benzene rings is 8. The third-order valence-corrected chi connectivity index (χ3v) is 24.2. The van der Waals surface area contributed by atoms with Crippen molar-refractivity contribution in [2.24, 2.45) is 0 Å². The molecule has 3 heterocycles. The molecule has 16 rings (SSSR count). The van der Waals surface area contributed by atoms with Crippen molar-refractivity contribution < 1.29 is 4.11 Å². The average molecular weight is 1160 g/mol. The summed E-state index contributed by atoms with van der Waals surface area (Å²) in [6.07, 6.45) is 10.3. The fraction of sp³-hybridized carbons (Fsp3) is 0.390. The van der Waals surface area contributed by atoms with Crippen LogP contribution in [0.3, 0.4) is 0 Å². The molecular weight excluding hydrogens is 1070 g/mol. The maximum Gasteiger partial charge on any atom is 0.264 e. The lowest BCUT2D eigenvalue weighted by Gasteiger charge is -2.52. The topological polar surface area (TPSA) is 9.72 Å². The normalized spacial score (nSPS) is 22.0. The van der Waals surface area contributed by atoms with E-state index in [9.17, 15) is 0 Å². The second kappa shape index (κ2) is 19.6. The molecule has 0 amide bonds. The van der Waals surface area contributed by atoms with Gasteiger partial charge in [0.15, 0.2) is 0 Å². The Morgan fingerprint density at radius 1 is 0.540 bits per heavy atom. The Kier molecular flexibility index (Phi) is 12.0. The summed E-state index contributed by atoms with van der Waals surface area (Å²) in [7, 11) is 0. The monoisotopic (exact) mass is 1160 g/mol. The summed E-state index contributed by atoms with van der Waals surface area (Å²) in [6, 6.07) is 59.7. The van der Waals surface area contributed by atoms with Crippen molar-refractivity contribution in [1.29, 1.82) is 0 Å². The number of anilines is 7. The van der Waals surface area contributed by atoms with Gasteiger partial charge >= 0.3 is 0 Å². The number of nitrogens with zero attached hydrogens (tertiary/aromatic N) is 3. The Morgan fingerprint density at radius 2 is 1.13 bits per heavy atom. The molecule has 5 heteroatoms. The molecule has 1 saturated carbocycles. The lowest BCUT2D eigenvalue weighted by atomic mass is 9.35. The molecule has 0 saturated heterocycles. The summed E-state index contributed by atoms with van der Waals surface area (Å²) in [6.45, 7) is 30.8. The summed E-state index contributed by atoms with van der Waals surface area (Å²) in [5, 5.41) is 1.36. The van der Waals surface area contributed by atoms with Crippen LogP contribution in [0.4, 0.5) is 39.8 Å². The zero-order chi connectivity index (χ0) is 63.0. The highest BCUT2D eigenvalue weighted by Gasteiger charge is 2.51. The first-order chi connectivity index (χ1) is 42.6. The fourth-order valence-corrected chi connectivity index (χ4v) is 18.7. The van der Waals surface area contributed by atoms with Crippen LogP contribution < -0.4 is 30.4 Å². The maximum atomic E-state index is 9.13. The first kappa shape index (κ1) is 53.2. The van der Waals surface area contributed by atoms with Crippen molar-refractivity contribution in [3.8, 4) is 11.1 Å². The largest absolute Gasteiger partial charge is 0.342 e. The van der Waals surface area contributed by atoms with Crippen LogP contribution in [0.5, 0.6) is 0 Å². The van der Waals surface area contributed by atoms with Crippen LogP contribution in [0.25, 0.3) is 21.2 Å². The second-order valence-corrected chi connectivity index (χ2v) is 32.7. The second-order valence-electron chi connectivity index (χ2n) is 31.7. The zero-order valence-electron chi connectivity index (χ0n) is 57.1. The highest BCUT2D eigenvalue weighted by molar-refractivity contribution is 7.33. The standard InChI is InChI=1S/C82H90BN3S/c1-52-23-21-22-28-66(52)86(57-26-19-16-20-27-57)58-45-68-73-69(46-58)85(51-53-29-32-56(33-30-53)76(2,3)4)74-59-47-63-64(82(14)42-40-81(63,13)41-43-82)50-70(59)87-75(74)83(73)65-48-61-62(79(9,10)37-36-78(61,7)8)49-67(65)84(68)44-35-55-31-34-60-72(71(55)54-24-17-15-18-25-54)80(11,12)39-38-77(60,5)6/h15-34,45-50H,35-44,51H2,1-14H3/i1D3. The number of hydrogen-bond acceptors (Lipinski definition) is 4. The molecule has 0 atom stereocenters. The van der Waals surface area contributed by atoms with Crippen molar-refractivity contribution in [2.45, 2.75) is 199 Å². The Labute approximate surface area is 529 Å². The number of para-hydroxylation sites is 2. The SMILES string of the molecule is [2H]C([2H])([2H])c1ccccc1N(c1ccccc1)c1cc2c3c(c1)N(Cc1ccc(C(C)(C)C)cc1)c1c(sc4cc5c(cc14)C1(C)CCC5(C)CC1)B3c1cc3c(cc1N2CCc1ccc2c(c1-c1ccccc1)C(C)(C)CCC2(C)C)C(C)(C)CCC3(C)C. The molecule has 442 valence electrons. The van der Waals surface area contributed by atoms with E-state index < -0.39 is 6.85 Å². The minimum Gasteiger partial charge on any atom is -0.342 e. The van der Waals surface area contributed by atoms with Crippen molar-refractivity contribution in [3.63, 3.8) is 0 Å². The van der Waals surface area contributed by atoms with Crippen LogP contribution in [0.2, 0.25) is 0 Å². The van der Waals surface area contributed by atoms with Gasteiger partial charge in [-0.25, -0.2) is 0 Å². The molecule has 8 aromatic carbocycles. The van der Waals surface area contributed by atoms with Gasteiger partial charge in [-0.2, -0.15) is 0 Å². The molecule has 9 aromatic rings. The van der Waals surface area contributed by atoms with Crippen LogP contribution in [0.1, 0.15) is 201 Å². The Bertz CT molecular complexity index is 4360. The number of fused-ring (bicyclic) bond motifs is 10. The minimum atomic E-state index is -2.38. The summed E-state index contributed by atoms with van der Waals surface area (Å²) < 4.78 is 30.2. The summed E-state index contributed by atoms with van der Waals surface area (Å²) >= 11 is 2.06. The van der Waals surface area contributed by atoms with E-state index in [-0.39, 0.29) is 44.6 Å². The van der Waals surface area contributed by atoms with Gasteiger partial charge in [-0.15, -0.1) is 11.3 Å². The van der Waals surface area contributed by atoms with E-state index in [1.165, 1.54) is 124 Å². The third-order valence-electron chi connectivity index (χ3n) is 23.0. The first-order valence-corrected chi connectivity index (χ1v) is 33.7. The van der Waals surface area contributed by atoms with Crippen molar-refractivity contribution in [3.05, 3.63) is 213 Å². The van der Waals surface area contributed by atoms with Crippen LogP contribution in [0, 0.1) is 6.85 Å². The van der Waals surface area contributed by atoms with Crippen LogP contribution in [0.15, 0.2) is 158 Å². The summed E-state index contributed by atoms with van der Waals surface area (Å²) in [5.41, 5.74) is 26.5. The Balaban J connectivity index is 1.05. The lowest BCUT2D eigenvalue weighted by Crippen LogP contribution is -2.62. The Morgan fingerprint density at radius 3 is 1.78 bits per heavy atom. The van der Waals surface area contributed by atoms with Crippen molar-refractivity contribution >= 4 is 83.6 Å². The minimum absolute atomic E-state index is 0.00569. The van der Waals surface area contributed by atoms with E-state index in [0.29, 0.717) is 17.8 Å². The molecule has 7 aliphatic rings. The molecule has 0 spiro atoms. The number of rotatable bonds is 9. The molecule has 2 bridgehead atoms. The molecule has 1 fully saturated rings. The van der Waals surface area contributed by atoms with Gasteiger partial charge in [0.1, 0.15) is 0 Å². The van der Waals surface area contributed by atoms with Gasteiger partial charge in [0, 0.05) is 60.5 Å². The molecule has 1 aromatic heterocycles. The smallest absolute Gasteiger partial charge is 0.264 e. The highest BCUT2D eigenvalue weighted by Crippen LogP contribution is 2.59. The van der Waals surface area contributed by atoms with Gasteiger partial charge in [0.2, 0.25) is 0 Å². The highest BCUT2D eigenvalue weighted by atomic mass is 32.1. The molecule has 3 nitrogen and oxygen atoms in total. The predicted octanol–water partition coefficient (Wildman–Crippen LogP) is 20.3. The fourth-order valence-electron chi connectivity index (χ4n) is 17.3. The van der Waals surface area contributed by atoms with Crippen LogP contribution in [-0.2, 0) is 50.9 Å². The maximum absolute atomic E-state index is 9.13. The molecule has 0 N–H and O–H groups in total. The predicted molar refractivity (Wildman–Crippen MR) is 376 cm³/mol. The van der Waals surface area contributed by atoms with E-state index in [1.54, 1.807) is 11.1 Å². The van der Waals surface area contributed by atoms with E-state index in [0.717, 1.165) is 50.0 Å². The van der Waals surface area contributed by atoms with Gasteiger partial charge in [-0.05, 0) is 229 Å². The molecule has 0 radical (unpaired) electrons. The van der Waals surface area contributed by atoms with Gasteiger partial charge in [0.05, 0.1) is 11.4 Å².